The van der Waals surface area contributed by atoms with Crippen LogP contribution in [-0.4, -0.2) is 6.72 Å². The highest BCUT2D eigenvalue weighted by Gasteiger charge is 2.09. The van der Waals surface area contributed by atoms with E-state index in [1.54, 1.807) is 6.07 Å². The van der Waals surface area contributed by atoms with Crippen molar-refractivity contribution >= 4 is 17.7 Å². The Kier molecular flexibility index (Phi) is 2.26. The van der Waals surface area contributed by atoms with Gasteiger partial charge in [0.2, 0.25) is 0 Å². The van der Waals surface area contributed by atoms with Gasteiger partial charge in [0.1, 0.15) is 11.3 Å². The van der Waals surface area contributed by atoms with E-state index in [1.165, 1.54) is 0 Å². The van der Waals surface area contributed by atoms with Gasteiger partial charge in [-0.25, -0.2) is 0 Å². The third kappa shape index (κ3) is 1.50. The summed E-state index contributed by atoms with van der Waals surface area (Å²) in [5, 5.41) is 9.80. The highest BCUT2D eigenvalue weighted by atomic mass is 16.3. The summed E-state index contributed by atoms with van der Waals surface area (Å²) in [4.78, 5) is 3.83. The third-order valence-corrected chi connectivity index (χ3v) is 2.29. The van der Waals surface area contributed by atoms with Crippen molar-refractivity contribution < 1.29 is 4.42 Å². The van der Waals surface area contributed by atoms with Crippen molar-refractivity contribution in [3.05, 3.63) is 35.1 Å². The molecule has 0 aliphatic heterocycles. The second-order valence-corrected chi connectivity index (χ2v) is 3.37. The number of aryl methyl sites for hydroxylation is 1. The van der Waals surface area contributed by atoms with Crippen molar-refractivity contribution in [2.24, 2.45) is 4.99 Å². The molecule has 0 unspecified atom stereocenters. The normalized spacial score (nSPS) is 10.1. The molecule has 74 valence electrons. The van der Waals surface area contributed by atoms with Crippen LogP contribution in [0.15, 0.2) is 27.6 Å². The molecule has 1 heterocycles. The summed E-state index contributed by atoms with van der Waals surface area (Å²) in [5.74, 6) is 0.804. The van der Waals surface area contributed by atoms with Gasteiger partial charge in [-0.1, -0.05) is 6.07 Å². The van der Waals surface area contributed by atoms with Gasteiger partial charge >= 0.3 is 0 Å². The van der Waals surface area contributed by atoms with E-state index >= 15 is 0 Å². The predicted octanol–water partition coefficient (Wildman–Crippen LogP) is 2.81. The number of hydrogen-bond acceptors (Lipinski definition) is 3. The molecule has 0 spiro atoms. The Hall–Kier alpha value is -2.08. The van der Waals surface area contributed by atoms with Crippen LogP contribution in [0, 0.1) is 18.3 Å². The Morgan fingerprint density at radius 3 is 3.00 bits per heavy atom. The molecule has 2 aromatic rings. The van der Waals surface area contributed by atoms with Crippen LogP contribution in [0.25, 0.3) is 11.0 Å². The average Bonchev–Trinajstić information content (AvgIpc) is 2.61. The zero-order chi connectivity index (χ0) is 10.8. The van der Waals surface area contributed by atoms with E-state index in [1.807, 2.05) is 19.1 Å². The molecule has 0 radical (unpaired) electrons. The second kappa shape index (κ2) is 3.58. The Balaban J connectivity index is 2.77. The maximum atomic E-state index is 8.94. The third-order valence-electron chi connectivity index (χ3n) is 2.29. The molecule has 0 saturated carbocycles. The highest BCUT2D eigenvalue weighted by molar-refractivity contribution is 5.86. The van der Waals surface area contributed by atoms with Gasteiger partial charge in [0.25, 0.3) is 0 Å². The molecule has 3 nitrogen and oxygen atoms in total. The van der Waals surface area contributed by atoms with Crippen molar-refractivity contribution in [1.29, 1.82) is 5.26 Å². The van der Waals surface area contributed by atoms with Crippen LogP contribution in [0.2, 0.25) is 0 Å². The van der Waals surface area contributed by atoms with Crippen LogP contribution in [0.4, 0.5) is 0 Å². The molecule has 0 amide bonds. The van der Waals surface area contributed by atoms with Gasteiger partial charge in [-0.15, -0.1) is 0 Å². The van der Waals surface area contributed by atoms with Gasteiger partial charge < -0.3 is 4.42 Å². The minimum atomic E-state index is 0.509. The monoisotopic (exact) mass is 198 g/mol. The number of aliphatic imine (C=N–C) groups is 1. The van der Waals surface area contributed by atoms with Crippen LogP contribution in [0.5, 0.6) is 0 Å². The number of hydrogen-bond donors (Lipinski definition) is 0. The van der Waals surface area contributed by atoms with Gasteiger partial charge in [0.15, 0.2) is 0 Å². The van der Waals surface area contributed by atoms with Gasteiger partial charge in [-0.3, -0.25) is 4.99 Å². The Labute approximate surface area is 87.7 Å². The molecule has 3 heteroatoms. The van der Waals surface area contributed by atoms with Crippen LogP contribution in [0.1, 0.15) is 16.9 Å². The number of nitrogens with zero attached hydrogens (tertiary/aromatic N) is 2. The van der Waals surface area contributed by atoms with Gasteiger partial charge in [-0.2, -0.15) is 5.26 Å². The van der Waals surface area contributed by atoms with E-state index < -0.39 is 0 Å². The summed E-state index contributed by atoms with van der Waals surface area (Å²) in [5.41, 5.74) is 2.35. The molecular weight excluding hydrogens is 188 g/mol. The van der Waals surface area contributed by atoms with Crippen molar-refractivity contribution in [3.8, 4) is 6.07 Å². The number of furan rings is 1. The summed E-state index contributed by atoms with van der Waals surface area (Å²) in [6, 6.07) is 7.67. The predicted molar refractivity (Wildman–Crippen MR) is 58.9 cm³/mol. The van der Waals surface area contributed by atoms with Crippen LogP contribution < -0.4 is 0 Å². The molecule has 1 aromatic heterocycles. The summed E-state index contributed by atoms with van der Waals surface area (Å²) < 4.78 is 5.56. The van der Waals surface area contributed by atoms with E-state index in [0.717, 1.165) is 22.3 Å². The van der Waals surface area contributed by atoms with E-state index in [0.29, 0.717) is 12.1 Å². The van der Waals surface area contributed by atoms with E-state index in [4.69, 9.17) is 9.68 Å². The molecule has 2 rings (SSSR count). The first-order valence-electron chi connectivity index (χ1n) is 4.61. The fraction of sp³-hybridized carbons (Fsp3) is 0.167. The molecule has 1 aromatic carbocycles. The van der Waals surface area contributed by atoms with Crippen molar-refractivity contribution in [2.75, 3.05) is 0 Å². The van der Waals surface area contributed by atoms with Gasteiger partial charge in [-0.05, 0) is 25.8 Å². The number of rotatable bonds is 2. The molecule has 0 N–H and O–H groups in total. The lowest BCUT2D eigenvalue weighted by Crippen LogP contribution is -1.84. The number of benzene rings is 1. The van der Waals surface area contributed by atoms with Crippen LogP contribution >= 0.6 is 0 Å². The topological polar surface area (TPSA) is 49.3 Å². The fourth-order valence-electron chi connectivity index (χ4n) is 1.64. The lowest BCUT2D eigenvalue weighted by atomic mass is 10.1. The van der Waals surface area contributed by atoms with Crippen LogP contribution in [0.3, 0.4) is 0 Å². The lowest BCUT2D eigenvalue weighted by molar-refractivity contribution is 0.574. The first-order chi connectivity index (χ1) is 7.26. The number of nitriles is 1. The first-order valence-corrected chi connectivity index (χ1v) is 4.61. The lowest BCUT2D eigenvalue weighted by Gasteiger charge is -1.98. The number of fused-ring (bicyclic) bond motifs is 1. The van der Waals surface area contributed by atoms with Crippen molar-refractivity contribution in [1.82, 2.24) is 0 Å². The second-order valence-electron chi connectivity index (χ2n) is 3.37. The summed E-state index contributed by atoms with van der Waals surface area (Å²) in [6.45, 7) is 5.83. The summed E-state index contributed by atoms with van der Waals surface area (Å²) in [6.07, 6.45) is 0. The zero-order valence-electron chi connectivity index (χ0n) is 8.45. The van der Waals surface area contributed by atoms with E-state index in [2.05, 4.69) is 17.8 Å². The molecule has 0 aliphatic rings. The molecule has 0 atom stereocenters. The Morgan fingerprint density at radius 1 is 1.53 bits per heavy atom. The smallest absolute Gasteiger partial charge is 0.140 e. The van der Waals surface area contributed by atoms with E-state index in [9.17, 15) is 0 Å². The summed E-state index contributed by atoms with van der Waals surface area (Å²) in [7, 11) is 0. The molecule has 0 bridgehead atoms. The first kappa shape index (κ1) is 9.47. The standard InChI is InChI=1S/C12H10N2O/c1-8-5-11-9(6-13)3-4-10(7-14-2)12(11)15-8/h3-5H,2,7H2,1H3. The zero-order valence-corrected chi connectivity index (χ0v) is 8.45. The molecule has 0 aliphatic carbocycles. The Morgan fingerprint density at radius 2 is 2.33 bits per heavy atom. The molecular formula is C12H10N2O. The molecule has 0 fully saturated rings. The van der Waals surface area contributed by atoms with Crippen LogP contribution in [-0.2, 0) is 6.54 Å². The quantitative estimate of drug-likeness (QED) is 0.696. The van der Waals surface area contributed by atoms with Gasteiger partial charge in [0.05, 0.1) is 18.2 Å². The molecule has 0 saturated heterocycles. The maximum Gasteiger partial charge on any atom is 0.140 e. The summed E-state index contributed by atoms with van der Waals surface area (Å²) >= 11 is 0. The average molecular weight is 198 g/mol. The highest BCUT2D eigenvalue weighted by Crippen LogP contribution is 2.26. The minimum Gasteiger partial charge on any atom is -0.461 e. The Bertz CT molecular complexity index is 561. The fourth-order valence-corrected chi connectivity index (χ4v) is 1.64. The van der Waals surface area contributed by atoms with Crippen molar-refractivity contribution in [3.63, 3.8) is 0 Å². The van der Waals surface area contributed by atoms with E-state index in [-0.39, 0.29) is 0 Å². The maximum absolute atomic E-state index is 8.94. The largest absolute Gasteiger partial charge is 0.461 e. The SMILES string of the molecule is C=NCc1ccc(C#N)c2cc(C)oc12. The van der Waals surface area contributed by atoms with Crippen molar-refractivity contribution in [2.45, 2.75) is 13.5 Å². The minimum absolute atomic E-state index is 0.509. The molecule has 15 heavy (non-hydrogen) atoms. The van der Waals surface area contributed by atoms with Gasteiger partial charge in [0, 0.05) is 10.9 Å².